The number of fused-ring (bicyclic) bond motifs is 5. The third-order valence-corrected chi connectivity index (χ3v) is 8.62. The Morgan fingerprint density at radius 3 is 2.58 bits per heavy atom. The zero-order chi connectivity index (χ0) is 26.2. The van der Waals surface area contributed by atoms with Gasteiger partial charge in [-0.2, -0.15) is 0 Å². The van der Waals surface area contributed by atoms with E-state index < -0.39 is 23.4 Å². The summed E-state index contributed by atoms with van der Waals surface area (Å²) in [5.74, 6) is -2.02. The number of methoxy groups -OCH3 is 1. The summed E-state index contributed by atoms with van der Waals surface area (Å²) in [6.07, 6.45) is 2.41. The number of aromatic nitrogens is 1. The molecule has 0 saturated carbocycles. The van der Waals surface area contributed by atoms with Crippen molar-refractivity contribution in [1.82, 2.24) is 10.3 Å². The van der Waals surface area contributed by atoms with Gasteiger partial charge in [0.2, 0.25) is 17.7 Å². The highest BCUT2D eigenvalue weighted by molar-refractivity contribution is 9.10. The van der Waals surface area contributed by atoms with Crippen LogP contribution in [-0.2, 0) is 26.3 Å². The molecule has 8 nitrogen and oxygen atoms in total. The molecule has 4 aromatic rings. The fraction of sp³-hybridized carbons (Fsp3) is 0.207. The van der Waals surface area contributed by atoms with Crippen LogP contribution in [0.25, 0.3) is 10.9 Å². The molecular formula is C29H23BrN4O4. The van der Waals surface area contributed by atoms with Gasteiger partial charge in [-0.15, -0.1) is 0 Å². The first-order chi connectivity index (χ1) is 18.4. The number of amides is 3. The van der Waals surface area contributed by atoms with Gasteiger partial charge in [-0.05, 0) is 60.5 Å². The number of anilines is 2. The van der Waals surface area contributed by atoms with E-state index in [0.29, 0.717) is 29.1 Å². The number of hydrogen-bond donors (Lipinski definition) is 3. The molecule has 3 N–H and O–H groups in total. The molecule has 9 heteroatoms. The minimum absolute atomic E-state index is 0.310. The van der Waals surface area contributed by atoms with Gasteiger partial charge in [-0.1, -0.05) is 34.1 Å². The molecule has 0 bridgehead atoms. The molecule has 3 aromatic carbocycles. The Bertz CT molecular complexity index is 1650. The van der Waals surface area contributed by atoms with E-state index in [2.05, 4.69) is 31.5 Å². The van der Waals surface area contributed by atoms with Crippen molar-refractivity contribution < 1.29 is 19.1 Å². The van der Waals surface area contributed by atoms with Crippen molar-refractivity contribution in [2.24, 2.45) is 11.8 Å². The van der Waals surface area contributed by atoms with Crippen molar-refractivity contribution in [2.45, 2.75) is 18.0 Å². The molecule has 3 aliphatic rings. The van der Waals surface area contributed by atoms with Gasteiger partial charge in [-0.25, -0.2) is 4.90 Å². The second-order valence-corrected chi connectivity index (χ2v) is 10.9. The lowest BCUT2D eigenvalue weighted by Crippen LogP contribution is -2.53. The normalized spacial score (nSPS) is 25.8. The Morgan fingerprint density at radius 1 is 1.00 bits per heavy atom. The number of carbonyl (C=O) groups is 3. The monoisotopic (exact) mass is 570 g/mol. The fourth-order valence-corrected chi connectivity index (χ4v) is 6.83. The van der Waals surface area contributed by atoms with E-state index in [1.54, 1.807) is 31.4 Å². The quantitative estimate of drug-likeness (QED) is 0.320. The maximum atomic E-state index is 14.2. The van der Waals surface area contributed by atoms with E-state index in [9.17, 15) is 14.4 Å². The number of hydrogen-bond acceptors (Lipinski definition) is 5. The third-order valence-electron chi connectivity index (χ3n) is 8.12. The number of aromatic amines is 1. The summed E-state index contributed by atoms with van der Waals surface area (Å²) in [7, 11) is 1.56. The van der Waals surface area contributed by atoms with E-state index in [4.69, 9.17) is 4.74 Å². The van der Waals surface area contributed by atoms with E-state index in [1.807, 2.05) is 48.7 Å². The second-order valence-electron chi connectivity index (χ2n) is 9.98. The van der Waals surface area contributed by atoms with Crippen LogP contribution in [0, 0.1) is 11.8 Å². The maximum Gasteiger partial charge on any atom is 0.250 e. The number of carbonyl (C=O) groups excluding carboxylic acids is 3. The molecule has 2 saturated heterocycles. The predicted molar refractivity (Wildman–Crippen MR) is 146 cm³/mol. The van der Waals surface area contributed by atoms with Gasteiger partial charge in [0.25, 0.3) is 0 Å². The van der Waals surface area contributed by atoms with Gasteiger partial charge in [0.05, 0.1) is 24.6 Å². The molecule has 2 fully saturated rings. The smallest absolute Gasteiger partial charge is 0.250 e. The molecule has 1 aromatic heterocycles. The van der Waals surface area contributed by atoms with Crippen molar-refractivity contribution in [3.05, 3.63) is 88.5 Å². The summed E-state index contributed by atoms with van der Waals surface area (Å²) in [5, 5.41) is 7.53. The molecule has 4 heterocycles. The average molecular weight is 571 g/mol. The molecule has 0 radical (unpaired) electrons. The zero-order valence-electron chi connectivity index (χ0n) is 20.3. The second kappa shape index (κ2) is 8.28. The van der Waals surface area contributed by atoms with Crippen LogP contribution in [-0.4, -0.2) is 35.9 Å². The molecule has 190 valence electrons. The van der Waals surface area contributed by atoms with Crippen LogP contribution in [0.1, 0.15) is 11.1 Å². The summed E-state index contributed by atoms with van der Waals surface area (Å²) >= 11 is 3.52. The number of nitrogens with one attached hydrogen (secondary N) is 3. The van der Waals surface area contributed by atoms with Gasteiger partial charge >= 0.3 is 0 Å². The van der Waals surface area contributed by atoms with Gasteiger partial charge in [-0.3, -0.25) is 19.7 Å². The average Bonchev–Trinajstić information content (AvgIpc) is 3.63. The number of nitrogens with zero attached hydrogens (tertiary/aromatic N) is 1. The Labute approximate surface area is 226 Å². The highest BCUT2D eigenvalue weighted by atomic mass is 79.9. The summed E-state index contributed by atoms with van der Waals surface area (Å²) in [6, 6.07) is 19.9. The first-order valence-corrected chi connectivity index (χ1v) is 13.2. The lowest BCUT2D eigenvalue weighted by Gasteiger charge is -2.29. The molecule has 4 atom stereocenters. The fourth-order valence-electron chi connectivity index (χ4n) is 6.47. The van der Waals surface area contributed by atoms with Crippen LogP contribution in [0.5, 0.6) is 5.75 Å². The number of H-pyrrole nitrogens is 1. The maximum absolute atomic E-state index is 14.2. The van der Waals surface area contributed by atoms with E-state index in [-0.39, 0.29) is 17.7 Å². The largest absolute Gasteiger partial charge is 0.497 e. The molecule has 0 aliphatic carbocycles. The number of rotatable bonds is 4. The third kappa shape index (κ3) is 3.09. The standard InChI is InChI=1S/C29H23BrN4O4/c1-38-18-9-7-17(8-10-18)34-26(35)24-23(12-15-14-31-21-5-3-2-4-19(15)21)33-29(25(24)27(34)36)20-13-16(30)6-11-22(20)32-28(29)37/h2-11,13-14,23-25,31,33H,12H2,1H3,(H,32,37)/t23-,24+,25-,29+/m0/s1. The van der Waals surface area contributed by atoms with Crippen molar-refractivity contribution >= 4 is 55.9 Å². The Morgan fingerprint density at radius 2 is 1.79 bits per heavy atom. The molecule has 3 aliphatic heterocycles. The van der Waals surface area contributed by atoms with Gasteiger partial charge < -0.3 is 15.0 Å². The molecule has 3 amide bonds. The van der Waals surface area contributed by atoms with Crippen molar-refractivity contribution in [2.75, 3.05) is 17.3 Å². The lowest BCUT2D eigenvalue weighted by atomic mass is 9.76. The van der Waals surface area contributed by atoms with Crippen LogP contribution >= 0.6 is 15.9 Å². The SMILES string of the molecule is COc1ccc(N2C(=O)[C@@H]3[C@H](Cc4c[nH]c5ccccc45)N[C@@]4(C(=O)Nc5ccc(Br)cc54)[C@@H]3C2=O)cc1. The van der Waals surface area contributed by atoms with E-state index in [0.717, 1.165) is 20.9 Å². The van der Waals surface area contributed by atoms with Crippen LogP contribution in [0.3, 0.4) is 0 Å². The van der Waals surface area contributed by atoms with Gasteiger partial charge in [0.1, 0.15) is 11.3 Å². The number of benzene rings is 3. The highest BCUT2D eigenvalue weighted by Crippen LogP contribution is 2.54. The molecular weight excluding hydrogens is 548 g/mol. The van der Waals surface area contributed by atoms with Crippen LogP contribution in [0.4, 0.5) is 11.4 Å². The Hall–Kier alpha value is -3.95. The molecule has 7 rings (SSSR count). The Kier molecular flexibility index (Phi) is 5.05. The van der Waals surface area contributed by atoms with E-state index >= 15 is 0 Å². The first-order valence-electron chi connectivity index (χ1n) is 12.4. The summed E-state index contributed by atoms with van der Waals surface area (Å²) in [4.78, 5) is 46.5. The first kappa shape index (κ1) is 23.2. The number of para-hydroxylation sites is 1. The lowest BCUT2D eigenvalue weighted by molar-refractivity contribution is -0.130. The number of ether oxygens (including phenoxy) is 1. The van der Waals surface area contributed by atoms with Crippen LogP contribution < -0.4 is 20.3 Å². The minimum atomic E-state index is -1.37. The minimum Gasteiger partial charge on any atom is -0.497 e. The summed E-state index contributed by atoms with van der Waals surface area (Å²) < 4.78 is 6.04. The Balaban J connectivity index is 1.37. The highest BCUT2D eigenvalue weighted by Gasteiger charge is 2.70. The number of halogens is 1. The van der Waals surface area contributed by atoms with Crippen molar-refractivity contribution in [3.63, 3.8) is 0 Å². The van der Waals surface area contributed by atoms with Crippen molar-refractivity contribution in [1.29, 1.82) is 0 Å². The topological polar surface area (TPSA) is 104 Å². The van der Waals surface area contributed by atoms with Crippen molar-refractivity contribution in [3.8, 4) is 5.75 Å². The number of imide groups is 1. The molecule has 38 heavy (non-hydrogen) atoms. The molecule has 0 unspecified atom stereocenters. The van der Waals surface area contributed by atoms with Gasteiger partial charge in [0.15, 0.2) is 0 Å². The zero-order valence-corrected chi connectivity index (χ0v) is 21.9. The van der Waals surface area contributed by atoms with E-state index in [1.165, 1.54) is 4.90 Å². The predicted octanol–water partition coefficient (Wildman–Crippen LogP) is 4.11. The van der Waals surface area contributed by atoms with Gasteiger partial charge in [0, 0.05) is 38.9 Å². The molecule has 1 spiro atoms. The summed E-state index contributed by atoms with van der Waals surface area (Å²) in [5.41, 5.74) is 2.42. The van der Waals surface area contributed by atoms with Crippen LogP contribution in [0.15, 0.2) is 77.4 Å². The summed E-state index contributed by atoms with van der Waals surface area (Å²) in [6.45, 7) is 0. The van der Waals surface area contributed by atoms with Crippen LogP contribution in [0.2, 0.25) is 0 Å².